The topological polar surface area (TPSA) is 84.4 Å². The summed E-state index contributed by atoms with van der Waals surface area (Å²) in [6.07, 6.45) is 2.69. The number of hydrogen-bond donors (Lipinski definition) is 1. The van der Waals surface area contributed by atoms with Crippen LogP contribution in [0, 0.1) is 0 Å². The van der Waals surface area contributed by atoms with Gasteiger partial charge >= 0.3 is 0 Å². The molecular formula is C22H20Cl2N4O3S. The number of imide groups is 1. The lowest BCUT2D eigenvalue weighted by Crippen LogP contribution is -2.39. The molecule has 0 saturated carbocycles. The van der Waals surface area contributed by atoms with Gasteiger partial charge in [-0.3, -0.25) is 14.5 Å². The fourth-order valence-corrected chi connectivity index (χ4v) is 5.80. The van der Waals surface area contributed by atoms with E-state index in [-0.39, 0.29) is 37.3 Å². The molecule has 1 N–H and O–H groups in total. The molecule has 1 unspecified atom stereocenters. The minimum Gasteiger partial charge on any atom is -0.375 e. The Morgan fingerprint density at radius 3 is 2.72 bits per heavy atom. The van der Waals surface area contributed by atoms with E-state index in [2.05, 4.69) is 15.3 Å². The Morgan fingerprint density at radius 2 is 1.97 bits per heavy atom. The molecule has 10 heteroatoms. The number of ether oxygens (including phenoxy) is 1. The summed E-state index contributed by atoms with van der Waals surface area (Å²) in [6.45, 7) is 2.50. The second-order valence-corrected chi connectivity index (χ2v) is 9.82. The highest BCUT2D eigenvalue weighted by Gasteiger charge is 2.29. The number of amides is 2. The van der Waals surface area contributed by atoms with Crippen LogP contribution in [-0.4, -0.2) is 52.5 Å². The van der Waals surface area contributed by atoms with Gasteiger partial charge in [0, 0.05) is 52.8 Å². The number of benzene rings is 1. The first-order valence-corrected chi connectivity index (χ1v) is 11.9. The zero-order valence-corrected chi connectivity index (χ0v) is 19.4. The van der Waals surface area contributed by atoms with E-state index in [9.17, 15) is 9.59 Å². The largest absolute Gasteiger partial charge is 0.375 e. The highest BCUT2D eigenvalue weighted by molar-refractivity contribution is 7.19. The number of hydrogen-bond acceptors (Lipinski definition) is 7. The van der Waals surface area contributed by atoms with Crippen molar-refractivity contribution < 1.29 is 14.3 Å². The normalized spacial score (nSPS) is 19.3. The Morgan fingerprint density at radius 1 is 1.16 bits per heavy atom. The second kappa shape index (κ2) is 9.03. The number of carbonyl (C=O) groups is 2. The molecule has 0 aliphatic carbocycles. The highest BCUT2D eigenvalue weighted by atomic mass is 35.5. The molecule has 0 spiro atoms. The van der Waals surface area contributed by atoms with Crippen LogP contribution in [0.1, 0.15) is 23.3 Å². The number of nitrogens with one attached hydrogen (secondary N) is 1. The number of fused-ring (bicyclic) bond motifs is 1. The Kier molecular flexibility index (Phi) is 6.14. The molecule has 2 aromatic heterocycles. The number of halogens is 2. The van der Waals surface area contributed by atoms with Gasteiger partial charge in [-0.05, 0) is 23.8 Å². The van der Waals surface area contributed by atoms with Crippen LogP contribution in [0.15, 0.2) is 24.5 Å². The Hall–Kier alpha value is -2.10. The van der Waals surface area contributed by atoms with Gasteiger partial charge in [-0.25, -0.2) is 9.97 Å². The molecule has 1 atom stereocenters. The van der Waals surface area contributed by atoms with E-state index >= 15 is 0 Å². The van der Waals surface area contributed by atoms with Gasteiger partial charge in [0.2, 0.25) is 11.8 Å². The number of rotatable bonds is 5. The van der Waals surface area contributed by atoms with E-state index in [4.69, 9.17) is 27.9 Å². The van der Waals surface area contributed by atoms with Gasteiger partial charge in [-0.2, -0.15) is 0 Å². The number of aromatic nitrogens is 2. The minimum atomic E-state index is -0.135. The van der Waals surface area contributed by atoms with Crippen molar-refractivity contribution in [1.82, 2.24) is 20.2 Å². The number of morpholine rings is 1. The van der Waals surface area contributed by atoms with Crippen molar-refractivity contribution in [3.8, 4) is 11.3 Å². The maximum absolute atomic E-state index is 12.0. The molecule has 32 heavy (non-hydrogen) atoms. The van der Waals surface area contributed by atoms with Gasteiger partial charge in [0.25, 0.3) is 0 Å². The number of likely N-dealkylation sites (tertiary alicyclic amines) is 1. The van der Waals surface area contributed by atoms with Crippen LogP contribution in [0.25, 0.3) is 21.5 Å². The van der Waals surface area contributed by atoms with E-state index in [1.165, 1.54) is 22.6 Å². The maximum Gasteiger partial charge on any atom is 0.230 e. The second-order valence-electron chi connectivity index (χ2n) is 7.84. The molecule has 0 radical (unpaired) electrons. The molecule has 166 valence electrons. The lowest BCUT2D eigenvalue weighted by atomic mass is 9.98. The number of carbonyl (C=O) groups excluding carboxylic acids is 2. The molecular weight excluding hydrogens is 471 g/mol. The Balaban J connectivity index is 1.55. The van der Waals surface area contributed by atoms with E-state index in [1.54, 1.807) is 6.07 Å². The van der Waals surface area contributed by atoms with E-state index in [0.717, 1.165) is 45.0 Å². The van der Waals surface area contributed by atoms with Crippen LogP contribution >= 0.6 is 34.5 Å². The monoisotopic (exact) mass is 490 g/mol. The van der Waals surface area contributed by atoms with Crippen molar-refractivity contribution in [1.29, 1.82) is 0 Å². The molecule has 4 heterocycles. The highest BCUT2D eigenvalue weighted by Crippen LogP contribution is 2.39. The standard InChI is InChI=1S/C22H20Cl2N4O3S/c23-12-5-16(15(17(24)6-12)7-13-9-25-3-4-31-13)21-22-18(26-11-27-21)8-14(32-22)10-28-19(29)1-2-20(28)30/h5-6,8,11,13,25H,1-4,7,9-10H2. The summed E-state index contributed by atoms with van der Waals surface area (Å²) in [5.41, 5.74) is 3.25. The lowest BCUT2D eigenvalue weighted by Gasteiger charge is -2.25. The average Bonchev–Trinajstić information content (AvgIpc) is 3.34. The number of thiophene rings is 1. The van der Waals surface area contributed by atoms with Gasteiger partial charge in [-0.15, -0.1) is 11.3 Å². The maximum atomic E-state index is 12.0. The third-order valence-corrected chi connectivity index (χ3v) is 7.35. The van der Waals surface area contributed by atoms with Crippen LogP contribution < -0.4 is 5.32 Å². The first-order valence-electron chi connectivity index (χ1n) is 10.4. The lowest BCUT2D eigenvalue weighted by molar-refractivity contribution is -0.138. The smallest absolute Gasteiger partial charge is 0.230 e. The predicted octanol–water partition coefficient (Wildman–Crippen LogP) is 3.85. The van der Waals surface area contributed by atoms with Gasteiger partial charge < -0.3 is 10.1 Å². The summed E-state index contributed by atoms with van der Waals surface area (Å²) in [4.78, 5) is 35.2. The molecule has 5 rings (SSSR count). The van der Waals surface area contributed by atoms with E-state index in [0.29, 0.717) is 23.1 Å². The Bertz CT molecular complexity index is 1190. The fourth-order valence-electron chi connectivity index (χ4n) is 4.13. The van der Waals surface area contributed by atoms with Crippen LogP contribution in [0.3, 0.4) is 0 Å². The first kappa shape index (κ1) is 21.7. The molecule has 2 amide bonds. The van der Waals surface area contributed by atoms with Crippen molar-refractivity contribution in [2.24, 2.45) is 0 Å². The van der Waals surface area contributed by atoms with Crippen molar-refractivity contribution in [2.75, 3.05) is 19.7 Å². The number of nitrogens with zero attached hydrogens (tertiary/aromatic N) is 3. The summed E-state index contributed by atoms with van der Waals surface area (Å²) in [6, 6.07) is 5.51. The SMILES string of the molecule is O=C1CCC(=O)N1Cc1cc2ncnc(-c3cc(Cl)cc(Cl)c3CC3CNCCO3)c2s1. The molecule has 2 aliphatic heterocycles. The van der Waals surface area contributed by atoms with Gasteiger partial charge in [0.05, 0.1) is 35.2 Å². The van der Waals surface area contributed by atoms with Crippen molar-refractivity contribution in [3.63, 3.8) is 0 Å². The molecule has 2 saturated heterocycles. The van der Waals surface area contributed by atoms with Crippen molar-refractivity contribution in [3.05, 3.63) is 45.0 Å². The first-order chi connectivity index (χ1) is 15.5. The zero-order chi connectivity index (χ0) is 22.2. The van der Waals surface area contributed by atoms with E-state index < -0.39 is 0 Å². The van der Waals surface area contributed by atoms with Crippen molar-refractivity contribution in [2.45, 2.75) is 31.9 Å². The molecule has 1 aromatic carbocycles. The average molecular weight is 491 g/mol. The minimum absolute atomic E-state index is 0.00425. The van der Waals surface area contributed by atoms with Gasteiger partial charge in [0.15, 0.2) is 0 Å². The van der Waals surface area contributed by atoms with Crippen LogP contribution in [0.4, 0.5) is 0 Å². The zero-order valence-electron chi connectivity index (χ0n) is 17.1. The molecule has 0 bridgehead atoms. The summed E-state index contributed by atoms with van der Waals surface area (Å²) in [7, 11) is 0. The molecule has 3 aromatic rings. The summed E-state index contributed by atoms with van der Waals surface area (Å²) in [5, 5.41) is 4.43. The Labute approximate surface area is 198 Å². The third kappa shape index (κ3) is 4.25. The molecule has 2 fully saturated rings. The van der Waals surface area contributed by atoms with E-state index in [1.807, 2.05) is 12.1 Å². The van der Waals surface area contributed by atoms with Crippen molar-refractivity contribution >= 4 is 56.6 Å². The molecule has 7 nitrogen and oxygen atoms in total. The third-order valence-electron chi connectivity index (χ3n) is 5.68. The predicted molar refractivity (Wildman–Crippen MR) is 124 cm³/mol. The quantitative estimate of drug-likeness (QED) is 0.546. The summed E-state index contributed by atoms with van der Waals surface area (Å²) >= 11 is 14.5. The van der Waals surface area contributed by atoms with Crippen LogP contribution in [-0.2, 0) is 27.3 Å². The fraction of sp³-hybridized carbons (Fsp3) is 0.364. The van der Waals surface area contributed by atoms with Gasteiger partial charge in [0.1, 0.15) is 6.33 Å². The van der Waals surface area contributed by atoms with Crippen LogP contribution in [0.2, 0.25) is 10.0 Å². The van der Waals surface area contributed by atoms with Gasteiger partial charge in [-0.1, -0.05) is 23.2 Å². The van der Waals surface area contributed by atoms with Crippen LogP contribution in [0.5, 0.6) is 0 Å². The molecule has 2 aliphatic rings. The summed E-state index contributed by atoms with van der Waals surface area (Å²) in [5.74, 6) is -0.271. The summed E-state index contributed by atoms with van der Waals surface area (Å²) < 4.78 is 6.76.